The fourth-order valence-corrected chi connectivity index (χ4v) is 5.63. The van der Waals surface area contributed by atoms with Gasteiger partial charge in [-0.1, -0.05) is 90.6 Å². The van der Waals surface area contributed by atoms with Gasteiger partial charge < -0.3 is 46.1 Å². The van der Waals surface area contributed by atoms with Crippen LogP contribution in [0, 0.1) is 6.92 Å². The molecule has 15 heteroatoms. The SMILES string of the molecule is COc1ccccc1CCl.COc1ccccc1CN=C=S.COc1ccccc1CNC1=NCCS1.Cc1ccccc1CNC(=S)NCCO.NCCO. The second-order valence-electron chi connectivity index (χ2n) is 11.1. The summed E-state index contributed by atoms with van der Waals surface area (Å²) in [5.41, 5.74) is 10.5. The van der Waals surface area contributed by atoms with Crippen molar-refractivity contribution in [2.24, 2.45) is 15.7 Å². The van der Waals surface area contributed by atoms with Gasteiger partial charge >= 0.3 is 0 Å². The lowest BCUT2D eigenvalue weighted by molar-refractivity contribution is 0.300. The molecular formula is C41H55ClN6O5S3. The molecule has 0 amide bonds. The van der Waals surface area contributed by atoms with Gasteiger partial charge in [-0.05, 0) is 60.7 Å². The number of thiocarbonyl (C=S) groups is 2. The quantitative estimate of drug-likeness (QED) is 0.0494. The number of para-hydroxylation sites is 3. The number of aliphatic hydroxyl groups is 2. The molecule has 0 atom stereocenters. The number of alkyl halides is 1. The number of rotatable bonds is 13. The molecule has 0 radical (unpaired) electrons. The zero-order valence-corrected chi connectivity index (χ0v) is 35.7. The Labute approximate surface area is 352 Å². The van der Waals surface area contributed by atoms with E-state index in [1.54, 1.807) is 33.1 Å². The lowest BCUT2D eigenvalue weighted by Crippen LogP contribution is -2.36. The third-order valence-electron chi connectivity index (χ3n) is 7.28. The van der Waals surface area contributed by atoms with Crippen LogP contribution in [-0.4, -0.2) is 85.6 Å². The van der Waals surface area contributed by atoms with Gasteiger partial charge in [-0.3, -0.25) is 4.99 Å². The number of isothiocyanates is 1. The van der Waals surface area contributed by atoms with Gasteiger partial charge in [-0.25, -0.2) is 4.99 Å². The highest BCUT2D eigenvalue weighted by molar-refractivity contribution is 8.14. The molecule has 1 heterocycles. The second-order valence-corrected chi connectivity index (χ2v) is 13.1. The van der Waals surface area contributed by atoms with Crippen molar-refractivity contribution in [3.8, 4) is 17.2 Å². The molecule has 304 valence electrons. The maximum atomic E-state index is 8.59. The van der Waals surface area contributed by atoms with Crippen molar-refractivity contribution in [2.75, 3.05) is 59.9 Å². The number of thioether (sulfide) groups is 1. The number of ether oxygens (including phenoxy) is 3. The Morgan fingerprint density at radius 1 is 0.804 bits per heavy atom. The molecule has 0 saturated carbocycles. The molecule has 0 spiro atoms. The summed E-state index contributed by atoms with van der Waals surface area (Å²) in [5.74, 6) is 4.22. The predicted octanol–water partition coefficient (Wildman–Crippen LogP) is 6.51. The highest BCUT2D eigenvalue weighted by Crippen LogP contribution is 2.20. The summed E-state index contributed by atoms with van der Waals surface area (Å²) in [6.07, 6.45) is 0. The zero-order valence-electron chi connectivity index (χ0n) is 32.5. The molecule has 0 aromatic heterocycles. The van der Waals surface area contributed by atoms with Crippen molar-refractivity contribution in [1.29, 1.82) is 0 Å². The number of aliphatic imine (C=N–C) groups is 2. The summed E-state index contributed by atoms with van der Waals surface area (Å²) in [4.78, 5) is 8.17. The Morgan fingerprint density at radius 3 is 1.80 bits per heavy atom. The number of nitrogens with zero attached hydrogens (tertiary/aromatic N) is 2. The van der Waals surface area contributed by atoms with E-state index in [2.05, 4.69) is 68.4 Å². The van der Waals surface area contributed by atoms with Gasteiger partial charge in [0.2, 0.25) is 0 Å². The van der Waals surface area contributed by atoms with Crippen LogP contribution in [0.4, 0.5) is 0 Å². The van der Waals surface area contributed by atoms with Gasteiger partial charge in [0.15, 0.2) is 10.3 Å². The number of benzene rings is 4. The van der Waals surface area contributed by atoms with E-state index in [0.29, 0.717) is 37.2 Å². The molecule has 56 heavy (non-hydrogen) atoms. The molecule has 0 aliphatic carbocycles. The highest BCUT2D eigenvalue weighted by Gasteiger charge is 2.07. The molecule has 0 unspecified atom stereocenters. The van der Waals surface area contributed by atoms with Crippen molar-refractivity contribution in [2.45, 2.75) is 32.4 Å². The average molecular weight is 844 g/mol. The van der Waals surface area contributed by atoms with E-state index in [9.17, 15) is 0 Å². The van der Waals surface area contributed by atoms with Crippen LogP contribution in [0.2, 0.25) is 0 Å². The number of nitrogens with one attached hydrogen (secondary N) is 3. The molecule has 0 saturated heterocycles. The number of amidine groups is 1. The minimum absolute atomic E-state index is 0.0895. The van der Waals surface area contributed by atoms with E-state index in [-0.39, 0.29) is 13.2 Å². The van der Waals surface area contributed by atoms with Crippen LogP contribution < -0.4 is 35.9 Å². The first-order chi connectivity index (χ1) is 27.3. The maximum absolute atomic E-state index is 8.59. The largest absolute Gasteiger partial charge is 0.496 e. The van der Waals surface area contributed by atoms with Crippen molar-refractivity contribution in [1.82, 2.24) is 16.0 Å². The summed E-state index contributed by atoms with van der Waals surface area (Å²) in [6.45, 7) is 6.07. The topological polar surface area (TPSA) is 155 Å². The summed E-state index contributed by atoms with van der Waals surface area (Å²) in [5, 5.41) is 29.6. The summed E-state index contributed by atoms with van der Waals surface area (Å²) in [6, 6.07) is 31.6. The number of aliphatic hydroxyl groups excluding tert-OH is 2. The van der Waals surface area contributed by atoms with Crippen LogP contribution in [0.15, 0.2) is 107 Å². The maximum Gasteiger partial charge on any atom is 0.166 e. The number of hydrogen-bond acceptors (Lipinski definition) is 12. The van der Waals surface area contributed by atoms with Crippen molar-refractivity contribution >= 4 is 63.2 Å². The first-order valence-corrected chi connectivity index (χ1v) is 20.0. The third-order valence-corrected chi connectivity index (χ3v) is 8.92. The molecule has 1 aliphatic rings. The Kier molecular flexibility index (Phi) is 29.3. The van der Waals surface area contributed by atoms with Gasteiger partial charge in [0.1, 0.15) is 17.2 Å². The average Bonchev–Trinajstić information content (AvgIpc) is 3.78. The Hall–Kier alpha value is -4.24. The smallest absolute Gasteiger partial charge is 0.166 e. The summed E-state index contributed by atoms with van der Waals surface area (Å²) >= 11 is 16.9. The molecule has 11 nitrogen and oxygen atoms in total. The number of nitrogens with two attached hydrogens (primary N) is 1. The third kappa shape index (κ3) is 21.7. The van der Waals surface area contributed by atoms with Crippen LogP contribution in [0.1, 0.15) is 27.8 Å². The lowest BCUT2D eigenvalue weighted by atomic mass is 10.1. The fraction of sp³-hybridized carbons (Fsp3) is 0.341. The van der Waals surface area contributed by atoms with Crippen LogP contribution >= 0.6 is 47.8 Å². The number of aryl methyl sites for hydroxylation is 1. The van der Waals surface area contributed by atoms with E-state index in [0.717, 1.165) is 57.9 Å². The Morgan fingerprint density at radius 2 is 1.32 bits per heavy atom. The van der Waals surface area contributed by atoms with Crippen molar-refractivity contribution in [3.63, 3.8) is 0 Å². The van der Waals surface area contributed by atoms with E-state index >= 15 is 0 Å². The van der Waals surface area contributed by atoms with Gasteiger partial charge in [0.05, 0.1) is 58.7 Å². The number of methoxy groups -OCH3 is 3. The summed E-state index contributed by atoms with van der Waals surface area (Å²) in [7, 11) is 4.98. The Bertz CT molecular complexity index is 1720. The van der Waals surface area contributed by atoms with Gasteiger partial charge in [0.25, 0.3) is 0 Å². The minimum atomic E-state index is 0.0895. The molecular weight excluding hydrogens is 788 g/mol. The molecule has 0 fully saturated rings. The van der Waals surface area contributed by atoms with Gasteiger partial charge in [-0.2, -0.15) is 0 Å². The minimum Gasteiger partial charge on any atom is -0.496 e. The number of hydrogen-bond donors (Lipinski definition) is 6. The number of halogens is 1. The monoisotopic (exact) mass is 842 g/mol. The molecule has 7 N–H and O–H groups in total. The molecule has 4 aromatic rings. The van der Waals surface area contributed by atoms with E-state index < -0.39 is 0 Å². The van der Waals surface area contributed by atoms with Crippen molar-refractivity contribution in [3.05, 3.63) is 125 Å². The molecule has 5 rings (SSSR count). The van der Waals surface area contributed by atoms with Crippen LogP contribution in [0.3, 0.4) is 0 Å². The van der Waals surface area contributed by atoms with Crippen molar-refractivity contribution < 1.29 is 24.4 Å². The highest BCUT2D eigenvalue weighted by atomic mass is 35.5. The molecule has 1 aliphatic heterocycles. The van der Waals surface area contributed by atoms with Crippen LogP contribution in [0.25, 0.3) is 0 Å². The predicted molar refractivity (Wildman–Crippen MR) is 241 cm³/mol. The normalized spacial score (nSPS) is 10.7. The Balaban J connectivity index is 0.000000365. The molecule has 0 bridgehead atoms. The summed E-state index contributed by atoms with van der Waals surface area (Å²) < 4.78 is 15.4. The van der Waals surface area contributed by atoms with E-state index in [1.165, 1.54) is 11.1 Å². The van der Waals surface area contributed by atoms with Crippen LogP contribution in [-0.2, 0) is 25.5 Å². The first-order valence-electron chi connectivity index (χ1n) is 17.7. The van der Waals surface area contributed by atoms with E-state index in [1.807, 2.05) is 78.9 Å². The van der Waals surface area contributed by atoms with Gasteiger partial charge in [0, 0.05) is 48.6 Å². The van der Waals surface area contributed by atoms with Crippen LogP contribution in [0.5, 0.6) is 17.2 Å². The first kappa shape index (κ1) is 49.8. The zero-order chi connectivity index (χ0) is 41.2. The standard InChI is InChI=1S/C11H14N2OS.C11H16N2OS.C9H9NOS.C8H9ClO.C2H7NO/c1-14-10-5-3-2-4-9(10)8-13-11-12-6-7-15-11;1-9-4-2-3-5-10(9)8-13-11(15)12-6-7-14;1-11-9-5-3-2-4-8(9)6-10-7-12;1-10-8-5-3-2-4-7(8)6-9;3-1-2-4/h2-5H,6-8H2,1H3,(H,12,13);2-5,14H,6-8H2,1H3,(H2,12,13,15);2-5H,6H2,1H3;2-5H,6H2,1H3;4H,1-3H2. The van der Waals surface area contributed by atoms with Gasteiger partial charge in [-0.15, -0.1) is 11.6 Å². The van der Waals surface area contributed by atoms with E-state index in [4.69, 9.17) is 54.0 Å². The fourth-order valence-electron chi connectivity index (χ4n) is 4.44. The lowest BCUT2D eigenvalue weighted by Gasteiger charge is -2.10. The second kappa shape index (κ2) is 33.0. The molecule has 4 aromatic carbocycles.